The highest BCUT2D eigenvalue weighted by Gasteiger charge is 2.53. The van der Waals surface area contributed by atoms with Gasteiger partial charge in [0.2, 0.25) is 5.78 Å². The Labute approximate surface area is 195 Å². The van der Waals surface area contributed by atoms with E-state index in [0.29, 0.717) is 11.4 Å². The molecule has 170 valence electrons. The number of thiophene rings is 1. The van der Waals surface area contributed by atoms with Crippen molar-refractivity contribution in [3.05, 3.63) is 70.2 Å². The van der Waals surface area contributed by atoms with Crippen molar-refractivity contribution in [2.24, 2.45) is 11.8 Å². The lowest BCUT2D eigenvalue weighted by molar-refractivity contribution is -0.139. The molecule has 2 aromatic carbocycles. The van der Waals surface area contributed by atoms with E-state index >= 15 is 0 Å². The van der Waals surface area contributed by atoms with Crippen LogP contribution in [-0.4, -0.2) is 24.6 Å². The van der Waals surface area contributed by atoms with Crippen molar-refractivity contribution in [1.29, 1.82) is 0 Å². The van der Waals surface area contributed by atoms with Gasteiger partial charge in [-0.05, 0) is 59.8 Å². The number of aryl methyl sites for hydroxylation is 1. The smallest absolute Gasteiger partial charge is 0.295 e. The van der Waals surface area contributed by atoms with Gasteiger partial charge < -0.3 is 4.74 Å². The van der Waals surface area contributed by atoms with Gasteiger partial charge in [-0.3, -0.25) is 19.3 Å². The van der Waals surface area contributed by atoms with E-state index in [2.05, 4.69) is 6.07 Å². The molecule has 1 aliphatic rings. The number of amides is 1. The maximum atomic E-state index is 14.3. The van der Waals surface area contributed by atoms with Crippen LogP contribution in [-0.2, 0) is 14.4 Å². The van der Waals surface area contributed by atoms with Gasteiger partial charge in [0.05, 0.1) is 13.2 Å². The molecule has 1 fully saturated rings. The molecule has 5 nitrogen and oxygen atoms in total. The van der Waals surface area contributed by atoms with Gasteiger partial charge in [-0.25, -0.2) is 4.39 Å². The van der Waals surface area contributed by atoms with E-state index in [9.17, 15) is 18.8 Å². The monoisotopic (exact) mass is 465 g/mol. The van der Waals surface area contributed by atoms with Crippen molar-refractivity contribution in [2.45, 2.75) is 26.8 Å². The molecule has 0 spiro atoms. The minimum Gasteiger partial charge on any atom is -0.496 e. The van der Waals surface area contributed by atoms with Crippen LogP contribution in [0.3, 0.4) is 0 Å². The summed E-state index contributed by atoms with van der Waals surface area (Å²) in [5.74, 6) is -3.90. The van der Waals surface area contributed by atoms with Crippen molar-refractivity contribution in [2.75, 3.05) is 12.0 Å². The molecule has 4 rings (SSSR count). The molecule has 7 heteroatoms. The first-order valence-electron chi connectivity index (χ1n) is 10.6. The third-order valence-corrected chi connectivity index (χ3v) is 6.76. The summed E-state index contributed by atoms with van der Waals surface area (Å²) >= 11 is 1.64. The summed E-state index contributed by atoms with van der Waals surface area (Å²) in [5.41, 5.74) is 2.77. The molecule has 2 atom stereocenters. The fraction of sp³-hybridized carbons (Fsp3) is 0.269. The molecule has 0 bridgehead atoms. The molecule has 0 N–H and O–H groups in total. The Kier molecular flexibility index (Phi) is 6.17. The quantitative estimate of drug-likeness (QED) is 0.363. The molecule has 0 aliphatic carbocycles. The fourth-order valence-electron chi connectivity index (χ4n) is 4.26. The van der Waals surface area contributed by atoms with E-state index < -0.39 is 35.4 Å². The molecular formula is C26H24FNO4S. The van der Waals surface area contributed by atoms with Crippen LogP contribution in [0, 0.1) is 24.6 Å². The number of carbonyl (C=O) groups excluding carboxylic acids is 3. The number of nitrogens with zero attached hydrogens (tertiary/aromatic N) is 1. The van der Waals surface area contributed by atoms with Gasteiger partial charge in [-0.15, -0.1) is 11.3 Å². The predicted octanol–water partition coefficient (Wildman–Crippen LogP) is 5.37. The highest BCUT2D eigenvalue weighted by atomic mass is 32.1. The first-order chi connectivity index (χ1) is 15.7. The molecule has 1 amide bonds. The molecule has 3 aromatic rings. The summed E-state index contributed by atoms with van der Waals surface area (Å²) in [5, 5.41) is 2.05. The standard InChI is InChI=1S/C26H24FNO4S/c1-14(2)24(29)22-23(20-12-18(27)7-10-21(20)32-4)28(26(31)25(22)30)19-8-5-16(6-9-19)17-11-15(3)33-13-17/h5-14,22-23H,1-4H3. The Hall–Kier alpha value is -3.32. The maximum Gasteiger partial charge on any atom is 0.295 e. The van der Waals surface area contributed by atoms with Crippen LogP contribution in [0.1, 0.15) is 30.3 Å². The minimum absolute atomic E-state index is 0.285. The minimum atomic E-state index is -1.24. The summed E-state index contributed by atoms with van der Waals surface area (Å²) < 4.78 is 19.7. The third kappa shape index (κ3) is 4.09. The van der Waals surface area contributed by atoms with Crippen LogP contribution in [0.5, 0.6) is 5.75 Å². The molecule has 0 radical (unpaired) electrons. The third-order valence-electron chi connectivity index (χ3n) is 5.90. The first kappa shape index (κ1) is 22.9. The Morgan fingerprint density at radius 1 is 1.06 bits per heavy atom. The van der Waals surface area contributed by atoms with E-state index in [4.69, 9.17) is 4.74 Å². The summed E-state index contributed by atoms with van der Waals surface area (Å²) in [7, 11) is 1.43. The van der Waals surface area contributed by atoms with Crippen LogP contribution >= 0.6 is 11.3 Å². The highest BCUT2D eigenvalue weighted by Crippen LogP contribution is 2.44. The van der Waals surface area contributed by atoms with Crippen LogP contribution in [0.15, 0.2) is 53.9 Å². The Morgan fingerprint density at radius 3 is 2.33 bits per heavy atom. The summed E-state index contributed by atoms with van der Waals surface area (Å²) in [6.07, 6.45) is 0. The number of Topliss-reactive ketones (excluding diaryl/α,β-unsaturated/α-hetero) is 2. The zero-order chi connectivity index (χ0) is 23.9. The van der Waals surface area contributed by atoms with Crippen LogP contribution in [0.2, 0.25) is 0 Å². The number of ether oxygens (including phenoxy) is 1. The highest BCUT2D eigenvalue weighted by molar-refractivity contribution is 7.10. The largest absolute Gasteiger partial charge is 0.496 e. The van der Waals surface area contributed by atoms with E-state index in [0.717, 1.165) is 11.1 Å². The van der Waals surface area contributed by atoms with Crippen molar-refractivity contribution in [1.82, 2.24) is 0 Å². The average molecular weight is 466 g/mol. The molecule has 0 saturated carbocycles. The maximum absolute atomic E-state index is 14.3. The van der Waals surface area contributed by atoms with Gasteiger partial charge >= 0.3 is 0 Å². The van der Waals surface area contributed by atoms with E-state index in [1.165, 1.54) is 35.1 Å². The molecular weight excluding hydrogens is 441 g/mol. The number of anilines is 1. The molecule has 33 heavy (non-hydrogen) atoms. The second-order valence-electron chi connectivity index (χ2n) is 8.40. The zero-order valence-electron chi connectivity index (χ0n) is 18.8. The number of ketones is 2. The second kappa shape index (κ2) is 8.90. The summed E-state index contributed by atoms with van der Waals surface area (Å²) in [6.45, 7) is 5.39. The van der Waals surface area contributed by atoms with Gasteiger partial charge in [0.15, 0.2) is 0 Å². The van der Waals surface area contributed by atoms with Crippen molar-refractivity contribution < 1.29 is 23.5 Å². The lowest BCUT2D eigenvalue weighted by Crippen LogP contribution is -2.32. The van der Waals surface area contributed by atoms with Gasteiger partial charge in [-0.2, -0.15) is 0 Å². The van der Waals surface area contributed by atoms with Crippen molar-refractivity contribution in [3.63, 3.8) is 0 Å². The van der Waals surface area contributed by atoms with Crippen LogP contribution in [0.25, 0.3) is 11.1 Å². The topological polar surface area (TPSA) is 63.7 Å². The van der Waals surface area contributed by atoms with Crippen molar-refractivity contribution in [3.8, 4) is 16.9 Å². The number of hydrogen-bond donors (Lipinski definition) is 0. The second-order valence-corrected chi connectivity index (χ2v) is 9.51. The lowest BCUT2D eigenvalue weighted by atomic mass is 9.84. The van der Waals surface area contributed by atoms with E-state index in [1.54, 1.807) is 37.3 Å². The normalized spacial score (nSPS) is 18.3. The zero-order valence-corrected chi connectivity index (χ0v) is 19.6. The molecule has 1 aromatic heterocycles. The van der Waals surface area contributed by atoms with Crippen molar-refractivity contribution >= 4 is 34.5 Å². The number of carbonyl (C=O) groups is 3. The molecule has 1 saturated heterocycles. The SMILES string of the molecule is COc1ccc(F)cc1C1C(C(=O)C(C)C)C(=O)C(=O)N1c1ccc(-c2csc(C)c2)cc1. The van der Waals surface area contributed by atoms with Crippen LogP contribution < -0.4 is 9.64 Å². The van der Waals surface area contributed by atoms with E-state index in [-0.39, 0.29) is 11.3 Å². The number of hydrogen-bond acceptors (Lipinski definition) is 5. The van der Waals surface area contributed by atoms with Gasteiger partial charge in [-0.1, -0.05) is 26.0 Å². The first-order valence-corrected chi connectivity index (χ1v) is 11.5. The number of benzene rings is 2. The lowest BCUT2D eigenvalue weighted by Gasteiger charge is -2.29. The summed E-state index contributed by atoms with van der Waals surface area (Å²) in [4.78, 5) is 41.7. The average Bonchev–Trinajstić information content (AvgIpc) is 3.34. The number of halogens is 1. The van der Waals surface area contributed by atoms with Gasteiger partial charge in [0, 0.05) is 22.0 Å². The van der Waals surface area contributed by atoms with E-state index in [1.807, 2.05) is 24.4 Å². The summed E-state index contributed by atoms with van der Waals surface area (Å²) in [6, 6.07) is 12.2. The molecule has 2 heterocycles. The number of methoxy groups -OCH3 is 1. The van der Waals surface area contributed by atoms with Crippen LogP contribution in [0.4, 0.5) is 10.1 Å². The number of rotatable bonds is 6. The molecule has 2 unspecified atom stereocenters. The molecule has 1 aliphatic heterocycles. The van der Waals surface area contributed by atoms with Gasteiger partial charge in [0.1, 0.15) is 23.3 Å². The predicted molar refractivity (Wildman–Crippen MR) is 126 cm³/mol. The Balaban J connectivity index is 1.84. The fourth-order valence-corrected chi connectivity index (χ4v) is 4.97. The Bertz CT molecular complexity index is 1230. The Morgan fingerprint density at radius 2 is 1.76 bits per heavy atom. The van der Waals surface area contributed by atoms with Gasteiger partial charge in [0.25, 0.3) is 5.91 Å².